The summed E-state index contributed by atoms with van der Waals surface area (Å²) in [6.45, 7) is 2.53. The minimum absolute atomic E-state index is 0.148. The maximum atomic E-state index is 11.4. The summed E-state index contributed by atoms with van der Waals surface area (Å²) < 4.78 is 6.35. The number of ether oxygens (including phenoxy) is 1. The van der Waals surface area contributed by atoms with Crippen LogP contribution in [0.1, 0.15) is 18.7 Å². The van der Waals surface area contributed by atoms with Crippen LogP contribution in [0.2, 0.25) is 0 Å². The van der Waals surface area contributed by atoms with Crippen molar-refractivity contribution >= 4 is 16.9 Å². The molecule has 1 aromatic carbocycles. The molecule has 2 rings (SSSR count). The lowest BCUT2D eigenvalue weighted by molar-refractivity contribution is -0.151. The van der Waals surface area contributed by atoms with Crippen molar-refractivity contribution in [3.8, 4) is 5.75 Å². The number of carbonyl (C=O) groups excluding carboxylic acids is 1. The molecule has 0 saturated heterocycles. The van der Waals surface area contributed by atoms with E-state index in [2.05, 4.69) is 4.74 Å². The summed E-state index contributed by atoms with van der Waals surface area (Å²) in [6.07, 6.45) is -1.32. The zero-order valence-electron chi connectivity index (χ0n) is 10.3. The van der Waals surface area contributed by atoms with Crippen LogP contribution in [0.5, 0.6) is 5.75 Å². The van der Waals surface area contributed by atoms with Crippen LogP contribution in [0.4, 0.5) is 0 Å². The number of hydrogen-bond acceptors (Lipinski definition) is 4. The smallest absolute Gasteiger partial charge is 0.340 e. The molecule has 5 heteroatoms. The topological polar surface area (TPSA) is 71.7 Å². The average Bonchev–Trinajstić information content (AvgIpc) is 2.74. The molecule has 1 aromatic heterocycles. The maximum Gasteiger partial charge on any atom is 0.340 e. The molecule has 18 heavy (non-hydrogen) atoms. The number of nitrogens with zero attached hydrogens (tertiary/aromatic N) is 1. The molecule has 0 spiro atoms. The molecule has 1 heterocycles. The van der Waals surface area contributed by atoms with E-state index in [0.29, 0.717) is 12.2 Å². The third kappa shape index (κ3) is 1.93. The Hall–Kier alpha value is -2.01. The molecule has 2 aromatic rings. The van der Waals surface area contributed by atoms with E-state index in [0.717, 1.165) is 10.9 Å². The van der Waals surface area contributed by atoms with Gasteiger partial charge in [0.05, 0.1) is 12.8 Å². The number of hydrogen-bond donors (Lipinski definition) is 2. The highest BCUT2D eigenvalue weighted by molar-refractivity contribution is 5.85. The standard InChI is InChI=1S/C13H15NO4/c1-3-14-10-5-4-9(15)6-8(10)7-11(14)12(16)13(17)18-2/h4-7,12,15-16H,3H2,1-2H3. The zero-order chi connectivity index (χ0) is 13.3. The van der Waals surface area contributed by atoms with Crippen LogP contribution in [-0.4, -0.2) is 27.9 Å². The van der Waals surface area contributed by atoms with Crippen LogP contribution in [0.25, 0.3) is 10.9 Å². The molecule has 0 radical (unpaired) electrons. The van der Waals surface area contributed by atoms with Gasteiger partial charge in [0.2, 0.25) is 0 Å². The van der Waals surface area contributed by atoms with Gasteiger partial charge in [0.15, 0.2) is 6.10 Å². The summed E-state index contributed by atoms with van der Waals surface area (Å²) in [4.78, 5) is 11.4. The molecule has 1 atom stereocenters. The predicted octanol–water partition coefficient (Wildman–Crippen LogP) is 1.57. The number of phenolic OH excluding ortho intramolecular Hbond substituents is 1. The summed E-state index contributed by atoms with van der Waals surface area (Å²) in [5.74, 6) is -0.549. The van der Waals surface area contributed by atoms with E-state index in [4.69, 9.17) is 0 Å². The number of rotatable bonds is 3. The SMILES string of the molecule is CCn1c(C(O)C(=O)OC)cc2cc(O)ccc21. The van der Waals surface area contributed by atoms with Crippen molar-refractivity contribution in [2.75, 3.05) is 7.11 Å². The van der Waals surface area contributed by atoms with E-state index in [-0.39, 0.29) is 5.75 Å². The average molecular weight is 249 g/mol. The Labute approximate surface area is 104 Å². The van der Waals surface area contributed by atoms with Gasteiger partial charge in [-0.15, -0.1) is 0 Å². The fourth-order valence-corrected chi connectivity index (χ4v) is 2.09. The minimum atomic E-state index is -1.32. The van der Waals surface area contributed by atoms with Crippen LogP contribution in [0.3, 0.4) is 0 Å². The molecule has 5 nitrogen and oxygen atoms in total. The quantitative estimate of drug-likeness (QED) is 0.810. The second-order valence-electron chi connectivity index (χ2n) is 3.98. The fraction of sp³-hybridized carbons (Fsp3) is 0.308. The van der Waals surface area contributed by atoms with Gasteiger partial charge in [0, 0.05) is 17.4 Å². The number of phenols is 1. The van der Waals surface area contributed by atoms with Gasteiger partial charge in [0.25, 0.3) is 0 Å². The predicted molar refractivity (Wildman–Crippen MR) is 66.3 cm³/mol. The van der Waals surface area contributed by atoms with Crippen molar-refractivity contribution in [3.63, 3.8) is 0 Å². The third-order valence-electron chi connectivity index (χ3n) is 2.94. The highest BCUT2D eigenvalue weighted by Crippen LogP contribution is 2.27. The number of aliphatic hydroxyl groups is 1. The summed E-state index contributed by atoms with van der Waals surface area (Å²) >= 11 is 0. The molecule has 0 bridgehead atoms. The summed E-state index contributed by atoms with van der Waals surface area (Å²) in [6, 6.07) is 6.60. The van der Waals surface area contributed by atoms with Gasteiger partial charge in [-0.3, -0.25) is 0 Å². The number of fused-ring (bicyclic) bond motifs is 1. The highest BCUT2D eigenvalue weighted by Gasteiger charge is 2.23. The largest absolute Gasteiger partial charge is 0.508 e. The molecule has 0 aliphatic carbocycles. The van der Waals surface area contributed by atoms with Crippen LogP contribution in [-0.2, 0) is 16.1 Å². The van der Waals surface area contributed by atoms with E-state index in [1.165, 1.54) is 7.11 Å². The highest BCUT2D eigenvalue weighted by atomic mass is 16.5. The van der Waals surface area contributed by atoms with Gasteiger partial charge < -0.3 is 19.5 Å². The molecule has 96 valence electrons. The van der Waals surface area contributed by atoms with Crippen LogP contribution >= 0.6 is 0 Å². The van der Waals surface area contributed by atoms with Crippen LogP contribution < -0.4 is 0 Å². The molecule has 0 saturated carbocycles. The molecule has 0 fully saturated rings. The van der Waals surface area contributed by atoms with E-state index in [9.17, 15) is 15.0 Å². The second-order valence-corrected chi connectivity index (χ2v) is 3.98. The molecule has 0 aliphatic heterocycles. The van der Waals surface area contributed by atoms with Gasteiger partial charge in [-0.05, 0) is 31.2 Å². The monoisotopic (exact) mass is 249 g/mol. The van der Waals surface area contributed by atoms with Crippen LogP contribution in [0, 0.1) is 0 Å². The van der Waals surface area contributed by atoms with Gasteiger partial charge in [-0.2, -0.15) is 0 Å². The Morgan fingerprint density at radius 2 is 2.17 bits per heavy atom. The Kier molecular flexibility index (Phi) is 3.25. The Morgan fingerprint density at radius 1 is 1.44 bits per heavy atom. The number of aromatic nitrogens is 1. The number of aryl methyl sites for hydroxylation is 1. The first-order chi connectivity index (χ1) is 8.58. The third-order valence-corrected chi connectivity index (χ3v) is 2.94. The molecule has 0 aliphatic rings. The number of methoxy groups -OCH3 is 1. The van der Waals surface area contributed by atoms with E-state index >= 15 is 0 Å². The number of esters is 1. The number of benzene rings is 1. The molecular weight excluding hydrogens is 234 g/mol. The van der Waals surface area contributed by atoms with Crippen molar-refractivity contribution in [2.24, 2.45) is 0 Å². The van der Waals surface area contributed by atoms with Crippen molar-refractivity contribution in [1.29, 1.82) is 0 Å². The first-order valence-electron chi connectivity index (χ1n) is 5.66. The van der Waals surface area contributed by atoms with Crippen molar-refractivity contribution in [2.45, 2.75) is 19.6 Å². The van der Waals surface area contributed by atoms with Crippen LogP contribution in [0.15, 0.2) is 24.3 Å². The molecule has 2 N–H and O–H groups in total. The lowest BCUT2D eigenvalue weighted by Crippen LogP contribution is -2.17. The molecule has 1 unspecified atom stereocenters. The van der Waals surface area contributed by atoms with Gasteiger partial charge in [-0.25, -0.2) is 4.79 Å². The van der Waals surface area contributed by atoms with Gasteiger partial charge >= 0.3 is 5.97 Å². The summed E-state index contributed by atoms with van der Waals surface area (Å²) in [7, 11) is 1.23. The lowest BCUT2D eigenvalue weighted by atomic mass is 10.2. The van der Waals surface area contributed by atoms with Crippen molar-refractivity contribution in [1.82, 2.24) is 4.57 Å². The first-order valence-corrected chi connectivity index (χ1v) is 5.66. The lowest BCUT2D eigenvalue weighted by Gasteiger charge is -2.12. The molecular formula is C13H15NO4. The Morgan fingerprint density at radius 3 is 2.78 bits per heavy atom. The van der Waals surface area contributed by atoms with Gasteiger partial charge in [-0.1, -0.05) is 0 Å². The number of aromatic hydroxyl groups is 1. The first kappa shape index (κ1) is 12.4. The Bertz CT molecular complexity index is 588. The van der Waals surface area contributed by atoms with E-state index < -0.39 is 12.1 Å². The van der Waals surface area contributed by atoms with Gasteiger partial charge in [0.1, 0.15) is 5.75 Å². The fourth-order valence-electron chi connectivity index (χ4n) is 2.09. The number of aliphatic hydroxyl groups excluding tert-OH is 1. The molecule has 0 amide bonds. The normalized spacial score (nSPS) is 12.6. The number of carbonyl (C=O) groups is 1. The van der Waals surface area contributed by atoms with Crippen molar-refractivity contribution in [3.05, 3.63) is 30.0 Å². The summed E-state index contributed by atoms with van der Waals surface area (Å²) in [5.41, 5.74) is 1.32. The van der Waals surface area contributed by atoms with Crippen molar-refractivity contribution < 1.29 is 19.7 Å². The minimum Gasteiger partial charge on any atom is -0.508 e. The zero-order valence-corrected chi connectivity index (χ0v) is 10.3. The summed E-state index contributed by atoms with van der Waals surface area (Å²) in [5, 5.41) is 20.1. The van der Waals surface area contributed by atoms with E-state index in [1.54, 1.807) is 24.3 Å². The second kappa shape index (κ2) is 4.70. The maximum absolute atomic E-state index is 11.4. The van der Waals surface area contributed by atoms with E-state index in [1.807, 2.05) is 11.5 Å². The Balaban J connectivity index is 2.60.